The summed E-state index contributed by atoms with van der Waals surface area (Å²) in [6.07, 6.45) is 3.54. The third-order valence-corrected chi connectivity index (χ3v) is 5.66. The van der Waals surface area contributed by atoms with E-state index in [1.54, 1.807) is 11.3 Å². The Morgan fingerprint density at radius 3 is 2.59 bits per heavy atom. The minimum atomic E-state index is -0.0155. The van der Waals surface area contributed by atoms with Crippen molar-refractivity contribution >= 4 is 28.6 Å². The van der Waals surface area contributed by atoms with Crippen LogP contribution in [0, 0.1) is 0 Å². The number of para-hydroxylation sites is 2. The first-order valence-electron chi connectivity index (χ1n) is 9.39. The topological polar surface area (TPSA) is 45.2 Å². The fourth-order valence-electron chi connectivity index (χ4n) is 3.45. The SMILES string of the molecule is O=C(Cc1csc(Cc2ccccc2)n1)Nc1ccccc1N1CCCC1. The Labute approximate surface area is 163 Å². The summed E-state index contributed by atoms with van der Waals surface area (Å²) in [7, 11) is 0. The van der Waals surface area contributed by atoms with Gasteiger partial charge < -0.3 is 10.2 Å². The second kappa shape index (κ2) is 8.35. The molecule has 4 rings (SSSR count). The van der Waals surface area contributed by atoms with Gasteiger partial charge in [0.05, 0.1) is 28.5 Å². The Kier molecular flexibility index (Phi) is 5.49. The van der Waals surface area contributed by atoms with Crippen LogP contribution in [0.3, 0.4) is 0 Å². The van der Waals surface area contributed by atoms with E-state index in [1.165, 1.54) is 18.4 Å². The monoisotopic (exact) mass is 377 g/mol. The number of hydrogen-bond donors (Lipinski definition) is 1. The normalized spacial score (nSPS) is 13.7. The summed E-state index contributed by atoms with van der Waals surface area (Å²) < 4.78 is 0. The number of carbonyl (C=O) groups is 1. The predicted octanol–water partition coefficient (Wildman–Crippen LogP) is 4.52. The maximum Gasteiger partial charge on any atom is 0.230 e. The molecule has 2 aromatic carbocycles. The zero-order chi connectivity index (χ0) is 18.5. The van der Waals surface area contributed by atoms with E-state index in [9.17, 15) is 4.79 Å². The van der Waals surface area contributed by atoms with Crippen molar-refractivity contribution in [1.29, 1.82) is 0 Å². The van der Waals surface area contributed by atoms with Gasteiger partial charge in [0.25, 0.3) is 0 Å². The number of benzene rings is 2. The Hall–Kier alpha value is -2.66. The van der Waals surface area contributed by atoms with Crippen LogP contribution in [0.4, 0.5) is 11.4 Å². The molecule has 4 nitrogen and oxygen atoms in total. The molecule has 1 N–H and O–H groups in total. The van der Waals surface area contributed by atoms with Crippen molar-refractivity contribution in [3.63, 3.8) is 0 Å². The van der Waals surface area contributed by atoms with Crippen molar-refractivity contribution in [3.8, 4) is 0 Å². The first-order valence-corrected chi connectivity index (χ1v) is 10.3. The van der Waals surface area contributed by atoms with Gasteiger partial charge in [-0.1, -0.05) is 42.5 Å². The van der Waals surface area contributed by atoms with Gasteiger partial charge >= 0.3 is 0 Å². The van der Waals surface area contributed by atoms with Gasteiger partial charge in [-0.15, -0.1) is 11.3 Å². The van der Waals surface area contributed by atoms with Crippen molar-refractivity contribution < 1.29 is 4.79 Å². The number of thiazole rings is 1. The van der Waals surface area contributed by atoms with Crippen LogP contribution < -0.4 is 10.2 Å². The molecule has 2 heterocycles. The van der Waals surface area contributed by atoms with E-state index in [1.807, 2.05) is 41.8 Å². The summed E-state index contributed by atoms with van der Waals surface area (Å²) in [6.45, 7) is 2.11. The molecule has 1 aliphatic rings. The van der Waals surface area contributed by atoms with Crippen molar-refractivity contribution in [2.75, 3.05) is 23.3 Å². The van der Waals surface area contributed by atoms with E-state index in [0.717, 1.165) is 41.6 Å². The van der Waals surface area contributed by atoms with Crippen LogP contribution in [0.15, 0.2) is 60.0 Å². The first-order chi connectivity index (χ1) is 13.3. The summed E-state index contributed by atoms with van der Waals surface area (Å²) in [5.41, 5.74) is 4.08. The van der Waals surface area contributed by atoms with Gasteiger partial charge in [0, 0.05) is 24.9 Å². The number of nitrogens with one attached hydrogen (secondary N) is 1. The van der Waals surface area contributed by atoms with Gasteiger partial charge in [0.2, 0.25) is 5.91 Å². The smallest absolute Gasteiger partial charge is 0.230 e. The third kappa shape index (κ3) is 4.55. The average Bonchev–Trinajstić information content (AvgIpc) is 3.35. The molecule has 1 aliphatic heterocycles. The van der Waals surface area contributed by atoms with Gasteiger partial charge in [-0.25, -0.2) is 4.98 Å². The molecular formula is C22H23N3OS. The number of hydrogen-bond acceptors (Lipinski definition) is 4. The van der Waals surface area contributed by atoms with Gasteiger partial charge in [-0.3, -0.25) is 4.79 Å². The highest BCUT2D eigenvalue weighted by atomic mass is 32.1. The lowest BCUT2D eigenvalue weighted by molar-refractivity contribution is -0.115. The largest absolute Gasteiger partial charge is 0.370 e. The molecule has 0 aliphatic carbocycles. The van der Waals surface area contributed by atoms with Crippen LogP contribution >= 0.6 is 11.3 Å². The Morgan fingerprint density at radius 1 is 1.04 bits per heavy atom. The van der Waals surface area contributed by atoms with Crippen LogP contribution in [0.5, 0.6) is 0 Å². The molecule has 1 amide bonds. The molecule has 5 heteroatoms. The number of rotatable bonds is 6. The standard InChI is InChI=1S/C22H23N3OS/c26-21(24-19-10-4-5-11-20(19)25-12-6-7-13-25)15-18-16-27-22(23-18)14-17-8-2-1-3-9-17/h1-5,8-11,16H,6-7,12-15H2,(H,24,26). The van der Waals surface area contributed by atoms with E-state index in [0.29, 0.717) is 6.42 Å². The maximum atomic E-state index is 12.6. The van der Waals surface area contributed by atoms with E-state index in [-0.39, 0.29) is 5.91 Å². The Morgan fingerprint density at radius 2 is 1.78 bits per heavy atom. The Balaban J connectivity index is 1.39. The van der Waals surface area contributed by atoms with Gasteiger partial charge in [-0.05, 0) is 30.5 Å². The summed E-state index contributed by atoms with van der Waals surface area (Å²) in [6, 6.07) is 18.3. The van der Waals surface area contributed by atoms with Crippen LogP contribution in [-0.4, -0.2) is 24.0 Å². The van der Waals surface area contributed by atoms with Crippen LogP contribution in [0.1, 0.15) is 29.1 Å². The van der Waals surface area contributed by atoms with E-state index in [4.69, 9.17) is 0 Å². The Bertz CT molecular complexity index is 901. The van der Waals surface area contributed by atoms with Crippen molar-refractivity contribution in [2.45, 2.75) is 25.7 Å². The highest BCUT2D eigenvalue weighted by molar-refractivity contribution is 7.09. The van der Waals surface area contributed by atoms with Crippen molar-refractivity contribution in [2.24, 2.45) is 0 Å². The van der Waals surface area contributed by atoms with Crippen LogP contribution in [-0.2, 0) is 17.6 Å². The summed E-state index contributed by atoms with van der Waals surface area (Å²) in [4.78, 5) is 19.5. The molecule has 0 atom stereocenters. The number of amides is 1. The summed E-state index contributed by atoms with van der Waals surface area (Å²) in [5, 5.41) is 6.11. The zero-order valence-corrected chi connectivity index (χ0v) is 16.0. The number of carbonyl (C=O) groups excluding carboxylic acids is 1. The molecule has 0 unspecified atom stereocenters. The average molecular weight is 378 g/mol. The molecule has 3 aromatic rings. The maximum absolute atomic E-state index is 12.6. The molecule has 27 heavy (non-hydrogen) atoms. The van der Waals surface area contributed by atoms with Crippen LogP contribution in [0.2, 0.25) is 0 Å². The summed E-state index contributed by atoms with van der Waals surface area (Å²) >= 11 is 1.62. The number of anilines is 2. The molecule has 138 valence electrons. The van der Waals surface area contributed by atoms with Gasteiger partial charge in [0.15, 0.2) is 0 Å². The molecule has 0 spiro atoms. The van der Waals surface area contributed by atoms with Gasteiger partial charge in [-0.2, -0.15) is 0 Å². The molecule has 1 saturated heterocycles. The first kappa shape index (κ1) is 17.7. The fraction of sp³-hybridized carbons (Fsp3) is 0.273. The summed E-state index contributed by atoms with van der Waals surface area (Å²) in [5.74, 6) is -0.0155. The molecule has 0 radical (unpaired) electrons. The number of nitrogens with zero attached hydrogens (tertiary/aromatic N) is 2. The minimum absolute atomic E-state index is 0.0155. The lowest BCUT2D eigenvalue weighted by Crippen LogP contribution is -2.21. The fourth-order valence-corrected chi connectivity index (χ4v) is 4.28. The van der Waals surface area contributed by atoms with Gasteiger partial charge in [0.1, 0.15) is 0 Å². The molecule has 0 bridgehead atoms. The minimum Gasteiger partial charge on any atom is -0.370 e. The lowest BCUT2D eigenvalue weighted by atomic mass is 10.2. The second-order valence-corrected chi connectivity index (χ2v) is 7.77. The predicted molar refractivity (Wildman–Crippen MR) is 112 cm³/mol. The number of aromatic nitrogens is 1. The lowest BCUT2D eigenvalue weighted by Gasteiger charge is -2.21. The molecule has 1 fully saturated rings. The van der Waals surface area contributed by atoms with Crippen molar-refractivity contribution in [3.05, 3.63) is 76.2 Å². The van der Waals surface area contributed by atoms with E-state index >= 15 is 0 Å². The van der Waals surface area contributed by atoms with E-state index in [2.05, 4.69) is 33.4 Å². The third-order valence-electron chi connectivity index (χ3n) is 4.76. The van der Waals surface area contributed by atoms with E-state index < -0.39 is 0 Å². The van der Waals surface area contributed by atoms with Crippen molar-refractivity contribution in [1.82, 2.24) is 4.98 Å². The zero-order valence-electron chi connectivity index (χ0n) is 15.2. The highest BCUT2D eigenvalue weighted by Gasteiger charge is 2.17. The molecular weight excluding hydrogens is 354 g/mol. The molecule has 1 aromatic heterocycles. The highest BCUT2D eigenvalue weighted by Crippen LogP contribution is 2.28. The quantitative estimate of drug-likeness (QED) is 0.687. The molecule has 0 saturated carbocycles. The van der Waals surface area contributed by atoms with Crippen LogP contribution in [0.25, 0.3) is 0 Å². The second-order valence-electron chi connectivity index (χ2n) is 6.83.